The van der Waals surface area contributed by atoms with Gasteiger partial charge in [0.2, 0.25) is 0 Å². The second-order valence-electron chi connectivity index (χ2n) is 6.90. The van der Waals surface area contributed by atoms with E-state index in [2.05, 4.69) is 36.8 Å². The number of benzene rings is 3. The molecular weight excluding hydrogens is 450 g/mol. The van der Waals surface area contributed by atoms with Crippen molar-refractivity contribution in [2.24, 2.45) is 0 Å². The lowest BCUT2D eigenvalue weighted by Gasteiger charge is -2.04. The minimum absolute atomic E-state index is 0.182. The van der Waals surface area contributed by atoms with E-state index >= 15 is 0 Å². The standard InChI is InChI=1S/C29H18F2O4/c1-3-27(32)34-24-15-9-20(10-16-24)5-6-22-8-14-23(26(19-22)29(30)31)13-7-21-11-17-25(18-12-21)35-28(33)4-2/h3-4,8-12,14-19,29H,1-2H2. The predicted octanol–water partition coefficient (Wildman–Crippen LogP) is 5.61. The van der Waals surface area contributed by atoms with E-state index in [1.807, 2.05) is 0 Å². The topological polar surface area (TPSA) is 52.6 Å². The van der Waals surface area contributed by atoms with Crippen molar-refractivity contribution in [3.63, 3.8) is 0 Å². The van der Waals surface area contributed by atoms with Crippen molar-refractivity contribution in [3.05, 3.63) is 120 Å². The lowest BCUT2D eigenvalue weighted by atomic mass is 10.0. The Morgan fingerprint density at radius 1 is 0.686 bits per heavy atom. The summed E-state index contributed by atoms with van der Waals surface area (Å²) in [6.07, 6.45) is -0.630. The SMILES string of the molecule is C=CC(=O)Oc1ccc(C#Cc2ccc(C#Cc3ccc(OC(=O)C=C)cc3)c(C(F)F)c2)cc1. The number of hydrogen-bond donors (Lipinski definition) is 0. The molecule has 3 aromatic carbocycles. The summed E-state index contributed by atoms with van der Waals surface area (Å²) in [5.41, 5.74) is 1.54. The summed E-state index contributed by atoms with van der Waals surface area (Å²) >= 11 is 0. The van der Waals surface area contributed by atoms with Crippen LogP contribution < -0.4 is 9.47 Å². The molecule has 0 aliphatic carbocycles. The Morgan fingerprint density at radius 2 is 1.11 bits per heavy atom. The number of alkyl halides is 2. The van der Waals surface area contributed by atoms with Crippen molar-refractivity contribution < 1.29 is 27.8 Å². The Kier molecular flexibility index (Phi) is 8.32. The molecular formula is C29H18F2O4. The van der Waals surface area contributed by atoms with Crippen LogP contribution in [0.4, 0.5) is 8.78 Å². The molecule has 172 valence electrons. The Bertz CT molecular complexity index is 1380. The third kappa shape index (κ3) is 7.28. The highest BCUT2D eigenvalue weighted by molar-refractivity contribution is 5.83. The van der Waals surface area contributed by atoms with Gasteiger partial charge in [-0.25, -0.2) is 18.4 Å². The van der Waals surface area contributed by atoms with Gasteiger partial charge in [0.25, 0.3) is 6.43 Å². The Balaban J connectivity index is 1.77. The van der Waals surface area contributed by atoms with E-state index in [4.69, 9.17) is 9.47 Å². The van der Waals surface area contributed by atoms with Crippen molar-refractivity contribution >= 4 is 11.9 Å². The molecule has 0 aliphatic heterocycles. The number of halogens is 2. The second kappa shape index (κ2) is 11.8. The molecule has 0 N–H and O–H groups in total. The van der Waals surface area contributed by atoms with Crippen molar-refractivity contribution in [2.45, 2.75) is 6.43 Å². The first kappa shape index (κ1) is 24.7. The Morgan fingerprint density at radius 3 is 1.57 bits per heavy atom. The van der Waals surface area contributed by atoms with E-state index in [1.54, 1.807) is 54.6 Å². The summed E-state index contributed by atoms with van der Waals surface area (Å²) in [5.74, 6) is 10.8. The van der Waals surface area contributed by atoms with Crippen LogP contribution in [0.1, 0.15) is 34.2 Å². The first-order valence-corrected chi connectivity index (χ1v) is 10.2. The van der Waals surface area contributed by atoms with Crippen molar-refractivity contribution in [1.29, 1.82) is 0 Å². The van der Waals surface area contributed by atoms with E-state index in [1.165, 1.54) is 12.1 Å². The fraction of sp³-hybridized carbons (Fsp3) is 0.0345. The van der Waals surface area contributed by atoms with Gasteiger partial charge in [-0.1, -0.05) is 36.8 Å². The highest BCUT2D eigenvalue weighted by atomic mass is 19.3. The average molecular weight is 468 g/mol. The third-order valence-electron chi connectivity index (χ3n) is 4.46. The molecule has 0 atom stereocenters. The van der Waals surface area contributed by atoms with Gasteiger partial charge < -0.3 is 9.47 Å². The molecule has 3 rings (SSSR count). The first-order valence-electron chi connectivity index (χ1n) is 10.2. The maximum atomic E-state index is 13.7. The lowest BCUT2D eigenvalue weighted by Crippen LogP contribution is -2.02. The molecule has 0 fully saturated rings. The maximum Gasteiger partial charge on any atom is 0.335 e. The minimum Gasteiger partial charge on any atom is -0.423 e. The van der Waals surface area contributed by atoms with Crippen LogP contribution in [0.25, 0.3) is 0 Å². The third-order valence-corrected chi connectivity index (χ3v) is 4.46. The summed E-state index contributed by atoms with van der Waals surface area (Å²) in [6.45, 7) is 6.65. The summed E-state index contributed by atoms with van der Waals surface area (Å²) < 4.78 is 37.3. The van der Waals surface area contributed by atoms with Crippen LogP contribution in [-0.4, -0.2) is 11.9 Å². The summed E-state index contributed by atoms with van der Waals surface area (Å²) in [4.78, 5) is 22.4. The zero-order valence-electron chi connectivity index (χ0n) is 18.4. The van der Waals surface area contributed by atoms with Crippen LogP contribution in [0, 0.1) is 23.7 Å². The zero-order chi connectivity index (χ0) is 25.2. The van der Waals surface area contributed by atoms with Gasteiger partial charge in [0, 0.05) is 40.0 Å². The average Bonchev–Trinajstić information content (AvgIpc) is 2.87. The Labute approximate surface area is 201 Å². The fourth-order valence-corrected chi connectivity index (χ4v) is 2.75. The summed E-state index contributed by atoms with van der Waals surface area (Å²) in [7, 11) is 0. The van der Waals surface area contributed by atoms with E-state index in [0.717, 1.165) is 12.2 Å². The molecule has 0 saturated carbocycles. The molecule has 4 nitrogen and oxygen atoms in total. The first-order chi connectivity index (χ1) is 16.9. The monoisotopic (exact) mass is 468 g/mol. The smallest absolute Gasteiger partial charge is 0.335 e. The number of esters is 2. The molecule has 0 unspecified atom stereocenters. The predicted molar refractivity (Wildman–Crippen MR) is 128 cm³/mol. The molecule has 35 heavy (non-hydrogen) atoms. The molecule has 3 aromatic rings. The summed E-state index contributed by atoms with van der Waals surface area (Å²) in [5, 5.41) is 0. The van der Waals surface area contributed by atoms with Gasteiger partial charge in [0.1, 0.15) is 11.5 Å². The number of carbonyl (C=O) groups is 2. The van der Waals surface area contributed by atoms with Crippen molar-refractivity contribution in [1.82, 2.24) is 0 Å². The minimum atomic E-state index is -2.74. The second-order valence-corrected chi connectivity index (χ2v) is 6.90. The lowest BCUT2D eigenvalue weighted by molar-refractivity contribution is -0.129. The highest BCUT2D eigenvalue weighted by Gasteiger charge is 2.12. The van der Waals surface area contributed by atoms with E-state index in [9.17, 15) is 18.4 Å². The van der Waals surface area contributed by atoms with Gasteiger partial charge in [-0.3, -0.25) is 0 Å². The molecule has 0 amide bonds. The normalized spacial score (nSPS) is 9.69. The number of hydrogen-bond acceptors (Lipinski definition) is 4. The Hall–Kier alpha value is -4.94. The van der Waals surface area contributed by atoms with Crippen molar-refractivity contribution in [2.75, 3.05) is 0 Å². The van der Waals surface area contributed by atoms with Gasteiger partial charge in [0.05, 0.1) is 0 Å². The van der Waals surface area contributed by atoms with E-state index in [0.29, 0.717) is 28.2 Å². The van der Waals surface area contributed by atoms with Gasteiger partial charge in [-0.2, -0.15) is 0 Å². The number of rotatable bonds is 5. The van der Waals surface area contributed by atoms with Gasteiger partial charge in [-0.15, -0.1) is 0 Å². The van der Waals surface area contributed by atoms with Crippen molar-refractivity contribution in [3.8, 4) is 35.2 Å². The molecule has 0 bridgehead atoms. The van der Waals surface area contributed by atoms with Crippen LogP contribution >= 0.6 is 0 Å². The highest BCUT2D eigenvalue weighted by Crippen LogP contribution is 2.24. The molecule has 0 aromatic heterocycles. The maximum absolute atomic E-state index is 13.7. The van der Waals surface area contributed by atoms with Gasteiger partial charge in [-0.05, 0) is 66.7 Å². The molecule has 6 heteroatoms. The molecule has 0 aliphatic rings. The van der Waals surface area contributed by atoms with E-state index < -0.39 is 18.4 Å². The van der Waals surface area contributed by atoms with Crippen LogP contribution in [0.3, 0.4) is 0 Å². The van der Waals surface area contributed by atoms with E-state index in [-0.39, 0.29) is 11.1 Å². The quantitative estimate of drug-likeness (QED) is 0.212. The largest absolute Gasteiger partial charge is 0.423 e. The molecule has 0 saturated heterocycles. The zero-order valence-corrected chi connectivity index (χ0v) is 18.4. The number of carbonyl (C=O) groups excluding carboxylic acids is 2. The summed E-state index contributed by atoms with van der Waals surface area (Å²) in [6, 6.07) is 17.2. The van der Waals surface area contributed by atoms with Crippen LogP contribution in [0.15, 0.2) is 92.0 Å². The van der Waals surface area contributed by atoms with Crippen LogP contribution in [0.2, 0.25) is 0 Å². The molecule has 0 heterocycles. The van der Waals surface area contributed by atoms with Gasteiger partial charge >= 0.3 is 11.9 Å². The van der Waals surface area contributed by atoms with Crippen LogP contribution in [-0.2, 0) is 9.59 Å². The van der Waals surface area contributed by atoms with Crippen LogP contribution in [0.5, 0.6) is 11.5 Å². The molecule has 0 radical (unpaired) electrons. The number of ether oxygens (including phenoxy) is 2. The molecule has 0 spiro atoms. The van der Waals surface area contributed by atoms with Gasteiger partial charge in [0.15, 0.2) is 0 Å². The fourth-order valence-electron chi connectivity index (χ4n) is 2.75.